The molecule has 0 spiro atoms. The molecule has 1 heterocycles. The molecule has 0 aliphatic rings. The number of rotatable bonds is 7. The zero-order chi connectivity index (χ0) is 17.4. The van der Waals surface area contributed by atoms with Crippen LogP contribution >= 0.6 is 0 Å². The molecule has 0 aliphatic carbocycles. The standard InChI is InChI=1S/C18H20FN3O2/c1-13(12-14-4-2-3-5-16(14)19)18(24)21-11-8-17(23)22-15-6-9-20-10-7-15/h2-7,9-10,13H,8,11-12H2,1H3,(H,21,24)(H,20,22,23)/t13-/m0/s1. The van der Waals surface area contributed by atoms with E-state index in [2.05, 4.69) is 15.6 Å². The lowest BCUT2D eigenvalue weighted by molar-refractivity contribution is -0.124. The van der Waals surface area contributed by atoms with E-state index in [0.717, 1.165) is 0 Å². The Kier molecular flexibility index (Phi) is 6.42. The highest BCUT2D eigenvalue weighted by Gasteiger charge is 2.15. The molecule has 1 aromatic heterocycles. The molecular formula is C18H20FN3O2. The average Bonchev–Trinajstić information content (AvgIpc) is 2.57. The number of pyridine rings is 1. The summed E-state index contributed by atoms with van der Waals surface area (Å²) < 4.78 is 13.6. The van der Waals surface area contributed by atoms with Gasteiger partial charge in [0.2, 0.25) is 11.8 Å². The minimum absolute atomic E-state index is 0.167. The van der Waals surface area contributed by atoms with Gasteiger partial charge in [-0.3, -0.25) is 14.6 Å². The summed E-state index contributed by atoms with van der Waals surface area (Å²) in [5.41, 5.74) is 1.17. The van der Waals surface area contributed by atoms with Crippen molar-refractivity contribution in [3.63, 3.8) is 0 Å². The zero-order valence-corrected chi connectivity index (χ0v) is 13.5. The zero-order valence-electron chi connectivity index (χ0n) is 13.5. The fourth-order valence-corrected chi connectivity index (χ4v) is 2.22. The number of carbonyl (C=O) groups is 2. The number of halogens is 1. The Morgan fingerprint density at radius 2 is 1.88 bits per heavy atom. The number of aromatic nitrogens is 1. The van der Waals surface area contributed by atoms with Gasteiger partial charge in [0, 0.05) is 37.0 Å². The minimum atomic E-state index is -0.370. The summed E-state index contributed by atoms with van der Waals surface area (Å²) >= 11 is 0. The van der Waals surface area contributed by atoms with Crippen LogP contribution in [0, 0.1) is 11.7 Å². The first-order chi connectivity index (χ1) is 11.6. The predicted octanol–water partition coefficient (Wildman–Crippen LogP) is 2.54. The molecule has 1 aromatic carbocycles. The van der Waals surface area contributed by atoms with Crippen LogP contribution < -0.4 is 10.6 Å². The van der Waals surface area contributed by atoms with Crippen molar-refractivity contribution in [1.82, 2.24) is 10.3 Å². The van der Waals surface area contributed by atoms with Crippen LogP contribution in [-0.4, -0.2) is 23.3 Å². The lowest BCUT2D eigenvalue weighted by Gasteiger charge is -2.12. The van der Waals surface area contributed by atoms with Crippen molar-refractivity contribution >= 4 is 17.5 Å². The van der Waals surface area contributed by atoms with Crippen LogP contribution in [0.3, 0.4) is 0 Å². The number of anilines is 1. The van der Waals surface area contributed by atoms with Gasteiger partial charge < -0.3 is 10.6 Å². The van der Waals surface area contributed by atoms with Crippen molar-refractivity contribution in [1.29, 1.82) is 0 Å². The lowest BCUT2D eigenvalue weighted by Crippen LogP contribution is -2.32. The maximum Gasteiger partial charge on any atom is 0.226 e. The Morgan fingerprint density at radius 1 is 1.17 bits per heavy atom. The minimum Gasteiger partial charge on any atom is -0.355 e. The van der Waals surface area contributed by atoms with Crippen LogP contribution in [0.5, 0.6) is 0 Å². The van der Waals surface area contributed by atoms with E-state index in [1.54, 1.807) is 49.6 Å². The quantitative estimate of drug-likeness (QED) is 0.820. The van der Waals surface area contributed by atoms with Crippen molar-refractivity contribution in [3.8, 4) is 0 Å². The smallest absolute Gasteiger partial charge is 0.226 e. The average molecular weight is 329 g/mol. The molecule has 2 rings (SSSR count). The molecule has 24 heavy (non-hydrogen) atoms. The van der Waals surface area contributed by atoms with Crippen LogP contribution in [0.2, 0.25) is 0 Å². The van der Waals surface area contributed by atoms with Gasteiger partial charge in [0.15, 0.2) is 0 Å². The number of carbonyl (C=O) groups excluding carboxylic acids is 2. The van der Waals surface area contributed by atoms with E-state index >= 15 is 0 Å². The highest BCUT2D eigenvalue weighted by Crippen LogP contribution is 2.12. The van der Waals surface area contributed by atoms with Crippen LogP contribution in [-0.2, 0) is 16.0 Å². The van der Waals surface area contributed by atoms with Crippen LogP contribution in [0.15, 0.2) is 48.8 Å². The van der Waals surface area contributed by atoms with Crippen LogP contribution in [0.4, 0.5) is 10.1 Å². The van der Waals surface area contributed by atoms with Crippen molar-refractivity contribution in [3.05, 3.63) is 60.2 Å². The molecule has 2 N–H and O–H groups in total. The van der Waals surface area contributed by atoms with Crippen molar-refractivity contribution in [2.24, 2.45) is 5.92 Å². The molecule has 2 aromatic rings. The summed E-state index contributed by atoms with van der Waals surface area (Å²) in [7, 11) is 0. The van der Waals surface area contributed by atoms with Crippen LogP contribution in [0.1, 0.15) is 18.9 Å². The third-order valence-corrected chi connectivity index (χ3v) is 3.55. The third kappa shape index (κ3) is 5.46. The first kappa shape index (κ1) is 17.6. The lowest BCUT2D eigenvalue weighted by atomic mass is 10.00. The molecule has 1 atom stereocenters. The van der Waals surface area contributed by atoms with Crippen molar-refractivity contribution in [2.45, 2.75) is 19.8 Å². The number of nitrogens with one attached hydrogen (secondary N) is 2. The molecule has 5 nitrogen and oxygen atoms in total. The maximum absolute atomic E-state index is 13.6. The molecule has 0 saturated carbocycles. The third-order valence-electron chi connectivity index (χ3n) is 3.55. The van der Waals surface area contributed by atoms with E-state index in [4.69, 9.17) is 0 Å². The van der Waals surface area contributed by atoms with Gasteiger partial charge in [-0.25, -0.2) is 4.39 Å². The van der Waals surface area contributed by atoms with E-state index in [1.807, 2.05) is 0 Å². The van der Waals surface area contributed by atoms with Gasteiger partial charge in [0.25, 0.3) is 0 Å². The summed E-state index contributed by atoms with van der Waals surface area (Å²) in [5.74, 6) is -1.07. The fourth-order valence-electron chi connectivity index (χ4n) is 2.22. The largest absolute Gasteiger partial charge is 0.355 e. The van der Waals surface area contributed by atoms with E-state index in [-0.39, 0.29) is 36.5 Å². The number of amides is 2. The van der Waals surface area contributed by atoms with Gasteiger partial charge in [-0.2, -0.15) is 0 Å². The fraction of sp³-hybridized carbons (Fsp3) is 0.278. The van der Waals surface area contributed by atoms with Gasteiger partial charge in [-0.05, 0) is 30.2 Å². The topological polar surface area (TPSA) is 71.1 Å². The molecule has 0 unspecified atom stereocenters. The summed E-state index contributed by atoms with van der Waals surface area (Å²) in [6.07, 6.45) is 3.66. The van der Waals surface area contributed by atoms with Crippen molar-refractivity contribution in [2.75, 3.05) is 11.9 Å². The molecule has 0 saturated heterocycles. The molecule has 0 aliphatic heterocycles. The second kappa shape index (κ2) is 8.76. The second-order valence-corrected chi connectivity index (χ2v) is 5.52. The van der Waals surface area contributed by atoms with E-state index in [0.29, 0.717) is 17.7 Å². The Hall–Kier alpha value is -2.76. The van der Waals surface area contributed by atoms with E-state index < -0.39 is 0 Å². The Labute approximate surface area is 140 Å². The molecule has 2 amide bonds. The number of hydrogen-bond acceptors (Lipinski definition) is 3. The molecular weight excluding hydrogens is 309 g/mol. The van der Waals surface area contributed by atoms with Crippen LogP contribution in [0.25, 0.3) is 0 Å². The first-order valence-electron chi connectivity index (χ1n) is 7.77. The predicted molar refractivity (Wildman–Crippen MR) is 89.8 cm³/mol. The summed E-state index contributed by atoms with van der Waals surface area (Å²) in [6, 6.07) is 9.78. The van der Waals surface area contributed by atoms with E-state index in [9.17, 15) is 14.0 Å². The summed E-state index contributed by atoms with van der Waals surface area (Å²) in [5, 5.41) is 5.42. The number of benzene rings is 1. The Morgan fingerprint density at radius 3 is 2.58 bits per heavy atom. The SMILES string of the molecule is C[C@@H](Cc1ccccc1F)C(=O)NCCC(=O)Nc1ccncc1. The molecule has 0 radical (unpaired) electrons. The number of hydrogen-bond donors (Lipinski definition) is 2. The maximum atomic E-state index is 13.6. The first-order valence-corrected chi connectivity index (χ1v) is 7.77. The molecule has 0 fully saturated rings. The second-order valence-electron chi connectivity index (χ2n) is 5.52. The van der Waals surface area contributed by atoms with Gasteiger partial charge in [0.1, 0.15) is 5.82 Å². The van der Waals surface area contributed by atoms with Crippen molar-refractivity contribution < 1.29 is 14.0 Å². The molecule has 6 heteroatoms. The highest BCUT2D eigenvalue weighted by molar-refractivity contribution is 5.91. The summed E-state index contributed by atoms with van der Waals surface area (Å²) in [6.45, 7) is 1.97. The van der Waals surface area contributed by atoms with Gasteiger partial charge >= 0.3 is 0 Å². The van der Waals surface area contributed by atoms with E-state index in [1.165, 1.54) is 6.07 Å². The molecule has 0 bridgehead atoms. The molecule has 126 valence electrons. The monoisotopic (exact) mass is 329 g/mol. The van der Waals surface area contributed by atoms with Gasteiger partial charge in [-0.15, -0.1) is 0 Å². The van der Waals surface area contributed by atoms with Gasteiger partial charge in [0.05, 0.1) is 0 Å². The Bertz CT molecular complexity index is 692. The normalized spacial score (nSPS) is 11.6. The Balaban J connectivity index is 1.72. The number of nitrogens with zero attached hydrogens (tertiary/aromatic N) is 1. The highest BCUT2D eigenvalue weighted by atomic mass is 19.1. The van der Waals surface area contributed by atoms with Gasteiger partial charge in [-0.1, -0.05) is 25.1 Å². The summed E-state index contributed by atoms with van der Waals surface area (Å²) in [4.78, 5) is 27.7.